The van der Waals surface area contributed by atoms with Crippen molar-refractivity contribution >= 4 is 34.5 Å². The second-order valence-corrected chi connectivity index (χ2v) is 5.94. The molecule has 0 unspecified atom stereocenters. The lowest BCUT2D eigenvalue weighted by molar-refractivity contribution is -0.137. The fourth-order valence-corrected chi connectivity index (χ4v) is 2.84. The van der Waals surface area contributed by atoms with E-state index >= 15 is 0 Å². The third-order valence-electron chi connectivity index (χ3n) is 2.97. The van der Waals surface area contributed by atoms with Crippen LogP contribution in [0.15, 0.2) is 52.1 Å². The molecule has 22 heavy (non-hydrogen) atoms. The molecule has 114 valence electrons. The van der Waals surface area contributed by atoms with Gasteiger partial charge in [0.05, 0.1) is 5.56 Å². The summed E-state index contributed by atoms with van der Waals surface area (Å²) in [6.45, 7) is 0. The first kappa shape index (κ1) is 15.2. The molecular weight excluding hydrogens is 335 g/mol. The third-order valence-corrected chi connectivity index (χ3v) is 4.11. The van der Waals surface area contributed by atoms with Crippen LogP contribution in [0.5, 0.6) is 0 Å². The Bertz CT molecular complexity index is 799. The van der Waals surface area contributed by atoms with Crippen molar-refractivity contribution in [2.24, 2.45) is 0 Å². The van der Waals surface area contributed by atoms with Crippen LogP contribution in [0, 0.1) is 0 Å². The molecular formula is C15H9ClF3NOS. The first-order valence-electron chi connectivity index (χ1n) is 6.27. The molecule has 0 fully saturated rings. The van der Waals surface area contributed by atoms with Crippen molar-refractivity contribution in [2.75, 3.05) is 0 Å². The van der Waals surface area contributed by atoms with E-state index in [1.54, 1.807) is 18.2 Å². The average molecular weight is 344 g/mol. The molecule has 0 spiro atoms. The number of fused-ring (bicyclic) bond motifs is 1. The van der Waals surface area contributed by atoms with Crippen LogP contribution in [-0.4, -0.2) is 4.98 Å². The van der Waals surface area contributed by atoms with Crippen molar-refractivity contribution in [3.8, 4) is 0 Å². The van der Waals surface area contributed by atoms with Gasteiger partial charge < -0.3 is 4.42 Å². The second-order valence-electron chi connectivity index (χ2n) is 4.58. The minimum atomic E-state index is -4.31. The van der Waals surface area contributed by atoms with Crippen LogP contribution < -0.4 is 0 Å². The summed E-state index contributed by atoms with van der Waals surface area (Å²) in [5.41, 5.74) is 1.39. The van der Waals surface area contributed by atoms with Crippen LogP contribution in [0.2, 0.25) is 5.02 Å². The maximum atomic E-state index is 12.5. The third kappa shape index (κ3) is 3.39. The first-order chi connectivity index (χ1) is 10.4. The molecule has 0 aliphatic heterocycles. The maximum absolute atomic E-state index is 12.5. The van der Waals surface area contributed by atoms with Gasteiger partial charge in [-0.05, 0) is 35.9 Å². The topological polar surface area (TPSA) is 26.0 Å². The van der Waals surface area contributed by atoms with Crippen LogP contribution in [-0.2, 0) is 11.9 Å². The summed E-state index contributed by atoms with van der Waals surface area (Å²) < 4.78 is 43.0. The van der Waals surface area contributed by atoms with E-state index in [-0.39, 0.29) is 0 Å². The number of thioether (sulfide) groups is 1. The highest BCUT2D eigenvalue weighted by molar-refractivity contribution is 7.98. The molecule has 3 aromatic rings. The van der Waals surface area contributed by atoms with Gasteiger partial charge in [-0.3, -0.25) is 0 Å². The number of rotatable bonds is 3. The monoisotopic (exact) mass is 343 g/mol. The Hall–Kier alpha value is -1.66. The van der Waals surface area contributed by atoms with Crippen molar-refractivity contribution in [1.29, 1.82) is 0 Å². The van der Waals surface area contributed by atoms with Crippen LogP contribution in [0.1, 0.15) is 11.1 Å². The summed E-state index contributed by atoms with van der Waals surface area (Å²) in [4.78, 5) is 4.28. The molecule has 1 aromatic heterocycles. The SMILES string of the molecule is FC(F)(F)c1ccc(CSc2nc3cc(Cl)ccc3o2)cc1. The minimum absolute atomic E-state index is 0.456. The number of halogens is 4. The van der Waals surface area contributed by atoms with Gasteiger partial charge in [-0.25, -0.2) is 4.98 Å². The van der Waals surface area contributed by atoms with Gasteiger partial charge in [-0.15, -0.1) is 0 Å². The van der Waals surface area contributed by atoms with Crippen molar-refractivity contribution in [1.82, 2.24) is 4.98 Å². The molecule has 0 N–H and O–H groups in total. The number of benzene rings is 2. The van der Waals surface area contributed by atoms with Gasteiger partial charge in [0.2, 0.25) is 0 Å². The number of aromatic nitrogens is 1. The van der Waals surface area contributed by atoms with E-state index in [1.807, 2.05) is 0 Å². The van der Waals surface area contributed by atoms with Crippen molar-refractivity contribution in [3.63, 3.8) is 0 Å². The number of hydrogen-bond acceptors (Lipinski definition) is 3. The molecule has 0 bridgehead atoms. The van der Waals surface area contributed by atoms with E-state index in [9.17, 15) is 13.2 Å². The molecule has 0 radical (unpaired) electrons. The zero-order valence-electron chi connectivity index (χ0n) is 11.0. The summed E-state index contributed by atoms with van der Waals surface area (Å²) in [6.07, 6.45) is -4.31. The predicted octanol–water partition coefficient (Wildman–Crippen LogP) is 5.79. The summed E-state index contributed by atoms with van der Waals surface area (Å²) in [5, 5.41) is 1.03. The van der Waals surface area contributed by atoms with Crippen LogP contribution in [0.3, 0.4) is 0 Å². The highest BCUT2D eigenvalue weighted by atomic mass is 35.5. The average Bonchev–Trinajstić information content (AvgIpc) is 2.86. The summed E-state index contributed by atoms with van der Waals surface area (Å²) >= 11 is 7.19. The van der Waals surface area contributed by atoms with Crippen molar-refractivity contribution in [3.05, 3.63) is 58.6 Å². The highest BCUT2D eigenvalue weighted by Gasteiger charge is 2.29. The normalized spacial score (nSPS) is 12.0. The van der Waals surface area contributed by atoms with E-state index in [2.05, 4.69) is 4.98 Å². The zero-order valence-corrected chi connectivity index (χ0v) is 12.6. The Balaban J connectivity index is 1.71. The number of oxazole rings is 1. The Labute approximate surface area is 133 Å². The standard InChI is InChI=1S/C15H9ClF3NOS/c16-11-5-6-13-12(7-11)20-14(21-13)22-8-9-1-3-10(4-2-9)15(17,18)19/h1-7H,8H2. The molecule has 0 saturated heterocycles. The molecule has 0 saturated carbocycles. The van der Waals surface area contributed by atoms with Crippen LogP contribution >= 0.6 is 23.4 Å². The van der Waals surface area contributed by atoms with Gasteiger partial charge in [0.15, 0.2) is 5.58 Å². The molecule has 0 atom stereocenters. The fraction of sp³-hybridized carbons (Fsp3) is 0.133. The summed E-state index contributed by atoms with van der Waals surface area (Å²) in [6, 6.07) is 10.2. The van der Waals surface area contributed by atoms with E-state index in [1.165, 1.54) is 23.9 Å². The smallest absolute Gasteiger partial charge is 0.416 e. The Morgan fingerprint density at radius 2 is 1.82 bits per heavy atom. The van der Waals surface area contributed by atoms with Gasteiger partial charge >= 0.3 is 6.18 Å². The van der Waals surface area contributed by atoms with E-state index < -0.39 is 11.7 Å². The lowest BCUT2D eigenvalue weighted by Crippen LogP contribution is -2.04. The number of nitrogens with zero attached hydrogens (tertiary/aromatic N) is 1. The van der Waals surface area contributed by atoms with Crippen molar-refractivity contribution in [2.45, 2.75) is 17.2 Å². The van der Waals surface area contributed by atoms with Crippen LogP contribution in [0.4, 0.5) is 13.2 Å². The van der Waals surface area contributed by atoms with Gasteiger partial charge in [0.1, 0.15) is 5.52 Å². The second kappa shape index (κ2) is 5.85. The van der Waals surface area contributed by atoms with E-state index in [4.69, 9.17) is 16.0 Å². The quantitative estimate of drug-likeness (QED) is 0.563. The molecule has 2 nitrogen and oxygen atoms in total. The Kier molecular flexibility index (Phi) is 4.06. The van der Waals surface area contributed by atoms with Gasteiger partial charge in [-0.1, -0.05) is 35.5 Å². The zero-order chi connectivity index (χ0) is 15.7. The summed E-state index contributed by atoms with van der Waals surface area (Å²) in [5.74, 6) is 0.471. The molecule has 2 aromatic carbocycles. The number of alkyl halides is 3. The first-order valence-corrected chi connectivity index (χ1v) is 7.63. The number of hydrogen-bond donors (Lipinski definition) is 0. The van der Waals surface area contributed by atoms with Gasteiger partial charge in [-0.2, -0.15) is 13.2 Å². The van der Waals surface area contributed by atoms with Gasteiger partial charge in [0.25, 0.3) is 5.22 Å². The van der Waals surface area contributed by atoms with Crippen LogP contribution in [0.25, 0.3) is 11.1 Å². The highest BCUT2D eigenvalue weighted by Crippen LogP contribution is 2.31. The molecule has 0 amide bonds. The molecule has 7 heteroatoms. The lowest BCUT2D eigenvalue weighted by Gasteiger charge is -2.06. The summed E-state index contributed by atoms with van der Waals surface area (Å²) in [7, 11) is 0. The minimum Gasteiger partial charge on any atom is -0.431 e. The van der Waals surface area contributed by atoms with Crippen molar-refractivity contribution < 1.29 is 17.6 Å². The Morgan fingerprint density at radius 1 is 1.09 bits per heavy atom. The molecule has 3 rings (SSSR count). The fourth-order valence-electron chi connectivity index (χ4n) is 1.88. The largest absolute Gasteiger partial charge is 0.431 e. The molecule has 0 aliphatic rings. The van der Waals surface area contributed by atoms with Gasteiger partial charge in [0, 0.05) is 10.8 Å². The Morgan fingerprint density at radius 3 is 2.50 bits per heavy atom. The lowest BCUT2D eigenvalue weighted by atomic mass is 10.1. The molecule has 1 heterocycles. The maximum Gasteiger partial charge on any atom is 0.416 e. The molecule has 0 aliphatic carbocycles. The predicted molar refractivity (Wildman–Crippen MR) is 80.0 cm³/mol. The van der Waals surface area contributed by atoms with E-state index in [0.717, 1.165) is 17.7 Å². The van der Waals surface area contributed by atoms with E-state index in [0.29, 0.717) is 27.1 Å².